The highest BCUT2D eigenvalue weighted by atomic mass is 16.5. The van der Waals surface area contributed by atoms with E-state index in [-0.39, 0.29) is 11.0 Å². The lowest BCUT2D eigenvalue weighted by Gasteiger charge is -2.37. The van der Waals surface area contributed by atoms with Gasteiger partial charge in [-0.1, -0.05) is 32.9 Å². The molecule has 1 fully saturated rings. The molecule has 4 rings (SSSR count). The average Bonchev–Trinajstić information content (AvgIpc) is 2.95. The van der Waals surface area contributed by atoms with Gasteiger partial charge in [0.1, 0.15) is 17.0 Å². The molecular weight excluding hydrogens is 272 g/mol. The molecule has 1 saturated carbocycles. The lowest BCUT2D eigenvalue weighted by atomic mass is 9.83. The van der Waals surface area contributed by atoms with Gasteiger partial charge in [-0.05, 0) is 43.9 Å². The predicted molar refractivity (Wildman–Crippen MR) is 86.9 cm³/mol. The van der Waals surface area contributed by atoms with Crippen molar-refractivity contribution in [2.75, 3.05) is 0 Å². The van der Waals surface area contributed by atoms with Crippen molar-refractivity contribution in [1.29, 1.82) is 0 Å². The van der Waals surface area contributed by atoms with Crippen molar-refractivity contribution in [3.63, 3.8) is 0 Å². The number of ether oxygens (including phenoxy) is 1. The minimum Gasteiger partial charge on any atom is -0.482 e. The average molecular weight is 294 g/mol. The van der Waals surface area contributed by atoms with Crippen LogP contribution in [0, 0.1) is 0 Å². The molecule has 1 spiro atoms. The summed E-state index contributed by atoms with van der Waals surface area (Å²) in [5.41, 5.74) is 4.17. The number of rotatable bonds is 0. The molecule has 2 heterocycles. The van der Waals surface area contributed by atoms with Crippen LogP contribution in [0.2, 0.25) is 0 Å². The van der Waals surface area contributed by atoms with Crippen molar-refractivity contribution in [2.45, 2.75) is 57.5 Å². The highest BCUT2D eigenvalue weighted by molar-refractivity contribution is 5.73. The van der Waals surface area contributed by atoms with E-state index in [0.29, 0.717) is 0 Å². The highest BCUT2D eigenvalue weighted by Gasteiger charge is 2.44. The van der Waals surface area contributed by atoms with E-state index in [1.807, 2.05) is 12.1 Å². The summed E-state index contributed by atoms with van der Waals surface area (Å²) in [4.78, 5) is 0. The van der Waals surface area contributed by atoms with Crippen LogP contribution in [0.5, 0.6) is 5.75 Å². The molecular formula is C19H22N2O. The Hall–Kier alpha value is -1.90. The molecule has 1 aromatic heterocycles. The molecule has 114 valence electrons. The molecule has 2 aromatic rings. The first-order chi connectivity index (χ1) is 10.5. The van der Waals surface area contributed by atoms with Crippen LogP contribution >= 0.6 is 0 Å². The summed E-state index contributed by atoms with van der Waals surface area (Å²) in [6, 6.07) is 10.4. The third kappa shape index (κ3) is 1.95. The molecule has 0 amide bonds. The second kappa shape index (κ2) is 4.55. The molecule has 1 aliphatic heterocycles. The van der Waals surface area contributed by atoms with E-state index in [9.17, 15) is 0 Å². The van der Waals surface area contributed by atoms with Gasteiger partial charge in [-0.2, -0.15) is 5.10 Å². The second-order valence-corrected chi connectivity index (χ2v) is 7.54. The fraction of sp³-hybridized carbons (Fsp3) is 0.474. The van der Waals surface area contributed by atoms with Gasteiger partial charge in [0.15, 0.2) is 0 Å². The van der Waals surface area contributed by atoms with Crippen LogP contribution in [-0.2, 0) is 11.0 Å². The summed E-state index contributed by atoms with van der Waals surface area (Å²) in [6.45, 7) is 6.55. The van der Waals surface area contributed by atoms with Crippen LogP contribution in [-0.4, -0.2) is 10.2 Å². The third-order valence-electron chi connectivity index (χ3n) is 4.91. The smallest absolute Gasteiger partial charge is 0.136 e. The van der Waals surface area contributed by atoms with Crippen LogP contribution in [0.1, 0.15) is 57.7 Å². The van der Waals surface area contributed by atoms with Crippen molar-refractivity contribution >= 4 is 0 Å². The molecule has 22 heavy (non-hydrogen) atoms. The maximum atomic E-state index is 6.51. The normalized spacial score (nSPS) is 18.7. The molecule has 0 radical (unpaired) electrons. The molecule has 0 N–H and O–H groups in total. The molecule has 0 bridgehead atoms. The summed E-state index contributed by atoms with van der Waals surface area (Å²) >= 11 is 0. The monoisotopic (exact) mass is 294 g/mol. The predicted octanol–water partition coefficient (Wildman–Crippen LogP) is 4.60. The van der Waals surface area contributed by atoms with Crippen LogP contribution in [0.15, 0.2) is 30.3 Å². The molecule has 0 unspecified atom stereocenters. The van der Waals surface area contributed by atoms with Crippen LogP contribution in [0.25, 0.3) is 11.3 Å². The number of hydrogen-bond donors (Lipinski definition) is 0. The fourth-order valence-corrected chi connectivity index (χ4v) is 3.64. The van der Waals surface area contributed by atoms with E-state index < -0.39 is 0 Å². The summed E-state index contributed by atoms with van der Waals surface area (Å²) < 4.78 is 6.51. The molecule has 0 saturated heterocycles. The Morgan fingerprint density at radius 3 is 2.50 bits per heavy atom. The van der Waals surface area contributed by atoms with Gasteiger partial charge >= 0.3 is 0 Å². The van der Waals surface area contributed by atoms with E-state index in [0.717, 1.165) is 35.5 Å². The largest absolute Gasteiger partial charge is 0.482 e. The first-order valence-corrected chi connectivity index (χ1v) is 8.17. The van der Waals surface area contributed by atoms with Gasteiger partial charge in [0.05, 0.1) is 5.69 Å². The first kappa shape index (κ1) is 13.7. The lowest BCUT2D eigenvalue weighted by molar-refractivity contribution is 0.0702. The van der Waals surface area contributed by atoms with Crippen molar-refractivity contribution in [2.24, 2.45) is 0 Å². The highest BCUT2D eigenvalue weighted by Crippen LogP contribution is 2.51. The number of aromatic nitrogens is 2. The Labute approximate surface area is 131 Å². The van der Waals surface area contributed by atoms with E-state index in [1.165, 1.54) is 18.4 Å². The molecule has 1 aliphatic carbocycles. The third-order valence-corrected chi connectivity index (χ3v) is 4.91. The summed E-state index contributed by atoms with van der Waals surface area (Å²) in [5, 5.41) is 9.13. The minimum absolute atomic E-state index is 0.00120. The number of benzene rings is 1. The van der Waals surface area contributed by atoms with Gasteiger partial charge < -0.3 is 4.74 Å². The topological polar surface area (TPSA) is 35.0 Å². The summed E-state index contributed by atoms with van der Waals surface area (Å²) in [6.07, 6.45) is 4.58. The number of nitrogens with zero attached hydrogens (tertiary/aromatic N) is 2. The Balaban J connectivity index is 1.97. The Morgan fingerprint density at radius 1 is 1.05 bits per heavy atom. The van der Waals surface area contributed by atoms with Gasteiger partial charge in [-0.25, -0.2) is 0 Å². The minimum atomic E-state index is -0.195. The SMILES string of the molecule is CC(C)(C)c1cc2c(nn1)-c1ccccc1OC21CCCC1. The van der Waals surface area contributed by atoms with Gasteiger partial charge in [0.25, 0.3) is 0 Å². The van der Waals surface area contributed by atoms with E-state index in [2.05, 4.69) is 49.2 Å². The molecule has 2 aliphatic rings. The molecule has 3 nitrogen and oxygen atoms in total. The maximum Gasteiger partial charge on any atom is 0.136 e. The van der Waals surface area contributed by atoms with Gasteiger partial charge in [0, 0.05) is 16.5 Å². The van der Waals surface area contributed by atoms with Crippen molar-refractivity contribution in [3.05, 3.63) is 41.6 Å². The Morgan fingerprint density at radius 2 is 1.77 bits per heavy atom. The number of fused-ring (bicyclic) bond motifs is 4. The van der Waals surface area contributed by atoms with Crippen molar-refractivity contribution < 1.29 is 4.74 Å². The van der Waals surface area contributed by atoms with Crippen molar-refractivity contribution in [1.82, 2.24) is 10.2 Å². The van der Waals surface area contributed by atoms with Crippen LogP contribution in [0.3, 0.4) is 0 Å². The maximum absolute atomic E-state index is 6.51. The summed E-state index contributed by atoms with van der Waals surface area (Å²) in [5.74, 6) is 0.953. The lowest BCUT2D eigenvalue weighted by Crippen LogP contribution is -2.34. The zero-order chi connectivity index (χ0) is 15.4. The van der Waals surface area contributed by atoms with Crippen LogP contribution < -0.4 is 4.74 Å². The van der Waals surface area contributed by atoms with Gasteiger partial charge in [-0.3, -0.25) is 0 Å². The van der Waals surface area contributed by atoms with Crippen LogP contribution in [0.4, 0.5) is 0 Å². The van der Waals surface area contributed by atoms with Crippen molar-refractivity contribution in [3.8, 4) is 17.0 Å². The number of para-hydroxylation sites is 1. The van der Waals surface area contributed by atoms with E-state index in [1.54, 1.807) is 0 Å². The quantitative estimate of drug-likeness (QED) is 0.712. The number of hydrogen-bond acceptors (Lipinski definition) is 3. The van der Waals surface area contributed by atoms with E-state index >= 15 is 0 Å². The molecule has 1 aromatic carbocycles. The summed E-state index contributed by atoms with van der Waals surface area (Å²) in [7, 11) is 0. The Bertz CT molecular complexity index is 724. The fourth-order valence-electron chi connectivity index (χ4n) is 3.64. The first-order valence-electron chi connectivity index (χ1n) is 8.17. The van der Waals surface area contributed by atoms with E-state index in [4.69, 9.17) is 4.74 Å². The van der Waals surface area contributed by atoms with Gasteiger partial charge in [-0.15, -0.1) is 5.10 Å². The van der Waals surface area contributed by atoms with Gasteiger partial charge in [0.2, 0.25) is 0 Å². The molecule has 0 atom stereocenters. The second-order valence-electron chi connectivity index (χ2n) is 7.54. The zero-order valence-corrected chi connectivity index (χ0v) is 13.5. The zero-order valence-electron chi connectivity index (χ0n) is 13.5. The Kier molecular flexibility index (Phi) is 2.84. The standard InChI is InChI=1S/C19H22N2O/c1-18(2,3)16-12-14-17(21-20-16)13-8-4-5-9-15(13)22-19(14)10-6-7-11-19/h4-5,8-9,12H,6-7,10-11H2,1-3H3. The molecule has 3 heteroatoms.